The third-order valence-corrected chi connectivity index (χ3v) is 20.4. The number of rotatable bonds is 7. The third kappa shape index (κ3) is 6.90. The quantitative estimate of drug-likeness (QED) is 0.125. The van der Waals surface area contributed by atoms with Gasteiger partial charge in [0, 0.05) is 42.7 Å². The van der Waals surface area contributed by atoms with Gasteiger partial charge in [-0.05, 0) is 84.7 Å². The van der Waals surface area contributed by atoms with Crippen molar-refractivity contribution in [3.63, 3.8) is 0 Å². The summed E-state index contributed by atoms with van der Waals surface area (Å²) < 4.78 is 33.8. The molecule has 55 heavy (non-hydrogen) atoms. The maximum atomic E-state index is 13.4. The number of carbonyl (C=O) groups is 2. The topological polar surface area (TPSA) is 97.8 Å². The Morgan fingerprint density at radius 3 is 1.84 bits per heavy atom. The Morgan fingerprint density at radius 1 is 0.782 bits per heavy atom. The Labute approximate surface area is 334 Å². The van der Waals surface area contributed by atoms with E-state index in [4.69, 9.17) is 0 Å². The minimum Gasteiger partial charge on any atom is -0.748 e. The molecule has 9 rings (SSSR count). The second-order valence-corrected chi connectivity index (χ2v) is 23.9. The second kappa shape index (κ2) is 14.5. The first-order chi connectivity index (χ1) is 25.7. The van der Waals surface area contributed by atoms with E-state index in [0.29, 0.717) is 46.8 Å². The Morgan fingerprint density at radius 2 is 1.36 bits per heavy atom. The molecule has 3 aliphatic heterocycles. The van der Waals surface area contributed by atoms with Crippen molar-refractivity contribution < 1.29 is 27.0 Å². The number of amides is 2. The highest BCUT2D eigenvalue weighted by molar-refractivity contribution is 7.98. The maximum absolute atomic E-state index is 13.4. The van der Waals surface area contributed by atoms with Crippen molar-refractivity contribution >= 4 is 32.8 Å². The molecule has 3 saturated heterocycles. The number of benzene rings is 2. The molecule has 0 N–H and O–H groups in total. The number of urea groups is 1. The van der Waals surface area contributed by atoms with Crippen LogP contribution in [0.15, 0.2) is 60.7 Å². The number of fused-ring (bicyclic) bond motifs is 7. The number of nitrogens with zero attached hydrogens (tertiary/aromatic N) is 3. The zero-order valence-electron chi connectivity index (χ0n) is 34.6. The van der Waals surface area contributed by atoms with Gasteiger partial charge in [0.15, 0.2) is 0 Å². The second-order valence-electron chi connectivity index (χ2n) is 20.1. The van der Waals surface area contributed by atoms with E-state index in [-0.39, 0.29) is 23.1 Å². The predicted octanol–water partition coefficient (Wildman–Crippen LogP) is 7.49. The number of quaternary nitrogens is 1. The Kier molecular flexibility index (Phi) is 10.7. The van der Waals surface area contributed by atoms with Gasteiger partial charge in [0.25, 0.3) is 0 Å². The fraction of sp³-hybridized carbons (Fsp3) is 0.689. The summed E-state index contributed by atoms with van der Waals surface area (Å²) in [5.74, 6) is 4.26. The van der Waals surface area contributed by atoms with Crippen LogP contribution in [-0.4, -0.2) is 100 Å². The summed E-state index contributed by atoms with van der Waals surface area (Å²) in [5.41, 5.74) is 2.26. The standard InChI is InChI=1S/C22H25N2OS.C13H26N.C10H16O4S/c25-22-23(14-17-8-3-1-4-9-17)19-16-26-13-7-12-20(26)21(19)24(22)15-18-10-5-2-6-11-18;1-12(2)10-7-8-11(9-10)13(12,3)14(4,5)6;1-9(2)7-3-4-10(9,8(11)5-7)6-15(12,13)14/h1-6,8-11,19-21H,7,12-16H2;10-11H,7-9H2,1-6H3;7H,3-6H2,1-2H3,(H,12,13,14)/q2*+1;/p-1. The smallest absolute Gasteiger partial charge is 0.321 e. The van der Waals surface area contributed by atoms with Crippen LogP contribution in [0.4, 0.5) is 4.79 Å². The van der Waals surface area contributed by atoms with Gasteiger partial charge in [-0.15, -0.1) is 0 Å². The van der Waals surface area contributed by atoms with Gasteiger partial charge in [-0.25, -0.2) is 13.2 Å². The largest absolute Gasteiger partial charge is 0.748 e. The predicted molar refractivity (Wildman–Crippen MR) is 221 cm³/mol. The van der Waals surface area contributed by atoms with Crippen LogP contribution in [0.3, 0.4) is 0 Å². The number of Topliss-reactive ketones (excluding diaryl/α,β-unsaturated/α-hetero) is 1. The van der Waals surface area contributed by atoms with Gasteiger partial charge in [-0.2, -0.15) is 0 Å². The van der Waals surface area contributed by atoms with E-state index >= 15 is 0 Å². The molecule has 0 spiro atoms. The normalized spacial score (nSPS) is 36.3. The van der Waals surface area contributed by atoms with Crippen LogP contribution in [0.1, 0.15) is 97.1 Å². The maximum Gasteiger partial charge on any atom is 0.321 e. The van der Waals surface area contributed by atoms with Crippen LogP contribution in [0.5, 0.6) is 0 Å². The molecule has 7 aliphatic rings. The zero-order chi connectivity index (χ0) is 39.8. The van der Waals surface area contributed by atoms with Crippen LogP contribution in [0.2, 0.25) is 0 Å². The summed E-state index contributed by atoms with van der Waals surface area (Å²) in [6, 6.07) is 22.0. The van der Waals surface area contributed by atoms with Crippen molar-refractivity contribution in [3.05, 3.63) is 71.8 Å². The zero-order valence-corrected chi connectivity index (χ0v) is 36.3. The molecule has 0 aromatic heterocycles. The number of hydrogen-bond acceptors (Lipinski definition) is 5. The molecule has 9 atom stereocenters. The minimum atomic E-state index is -4.33. The highest BCUT2D eigenvalue weighted by Gasteiger charge is 2.67. The summed E-state index contributed by atoms with van der Waals surface area (Å²) in [7, 11) is 3.32. The molecular formula is C45H66N3O5S2+. The Bertz CT molecular complexity index is 1850. The Hall–Kier alpha value is -2.40. The van der Waals surface area contributed by atoms with Crippen molar-refractivity contribution in [1.29, 1.82) is 0 Å². The van der Waals surface area contributed by atoms with Gasteiger partial charge in [0.05, 0.1) is 37.0 Å². The first-order valence-corrected chi connectivity index (χ1v) is 24.0. The molecule has 0 radical (unpaired) electrons. The summed E-state index contributed by atoms with van der Waals surface area (Å²) >= 11 is 0. The molecule has 8 nitrogen and oxygen atoms in total. The lowest BCUT2D eigenvalue weighted by atomic mass is 9.62. The monoisotopic (exact) mass is 792 g/mol. The van der Waals surface area contributed by atoms with Crippen molar-refractivity contribution in [1.82, 2.24) is 9.80 Å². The van der Waals surface area contributed by atoms with Crippen LogP contribution in [-0.2, 0) is 38.9 Å². The van der Waals surface area contributed by atoms with Crippen LogP contribution in [0, 0.1) is 34.0 Å². The Balaban J connectivity index is 0.000000137. The fourth-order valence-corrected chi connectivity index (χ4v) is 17.4. The summed E-state index contributed by atoms with van der Waals surface area (Å²) in [6.07, 6.45) is 8.97. The molecule has 2 aromatic rings. The minimum absolute atomic E-state index is 0.0248. The molecule has 302 valence electrons. The number of carbonyl (C=O) groups excluding carboxylic acids is 2. The van der Waals surface area contributed by atoms with E-state index in [9.17, 15) is 22.6 Å². The molecule has 7 fully saturated rings. The van der Waals surface area contributed by atoms with E-state index in [1.54, 1.807) is 0 Å². The van der Waals surface area contributed by atoms with Crippen molar-refractivity contribution in [3.8, 4) is 0 Å². The van der Waals surface area contributed by atoms with Crippen molar-refractivity contribution in [2.75, 3.05) is 38.4 Å². The highest BCUT2D eigenvalue weighted by atomic mass is 32.2. The highest BCUT2D eigenvalue weighted by Crippen LogP contribution is 2.65. The summed E-state index contributed by atoms with van der Waals surface area (Å²) in [5, 5.41) is 0.730. The average Bonchev–Trinajstić information content (AvgIpc) is 3.97. The molecule has 4 bridgehead atoms. The lowest BCUT2D eigenvalue weighted by molar-refractivity contribution is -0.934. The molecule has 3 heterocycles. The van der Waals surface area contributed by atoms with E-state index in [1.165, 1.54) is 54.7 Å². The van der Waals surface area contributed by atoms with E-state index in [1.807, 2.05) is 26.0 Å². The first-order valence-electron chi connectivity index (χ1n) is 20.8. The summed E-state index contributed by atoms with van der Waals surface area (Å²) in [4.78, 5) is 29.6. The molecule has 2 aromatic carbocycles. The molecule has 9 unspecified atom stereocenters. The van der Waals surface area contributed by atoms with E-state index in [2.05, 4.69) is 100 Å². The van der Waals surface area contributed by atoms with Crippen LogP contribution < -0.4 is 0 Å². The van der Waals surface area contributed by atoms with Crippen LogP contribution >= 0.6 is 0 Å². The van der Waals surface area contributed by atoms with Gasteiger partial charge >= 0.3 is 6.03 Å². The molecule has 10 heteroatoms. The SMILES string of the molecule is CC1(C)C2CCC(C2)C1(C)[N+](C)(C)C.CC1(C)C2CCC1(CS(=O)(=O)[O-])C(=O)C2.O=C1N(Cc2ccccc2)C2C[S+]3CCCC3C2N1Cc1ccccc1. The fourth-order valence-electron chi connectivity index (χ4n) is 12.9. The van der Waals surface area contributed by atoms with Gasteiger partial charge in [-0.3, -0.25) is 4.79 Å². The van der Waals surface area contributed by atoms with Crippen LogP contribution in [0.25, 0.3) is 0 Å². The lowest BCUT2D eigenvalue weighted by Gasteiger charge is -2.55. The van der Waals surface area contributed by atoms with Gasteiger partial charge in [0.2, 0.25) is 0 Å². The molecule has 4 saturated carbocycles. The lowest BCUT2D eigenvalue weighted by Crippen LogP contribution is -2.65. The van der Waals surface area contributed by atoms with Crippen molar-refractivity contribution in [2.24, 2.45) is 34.0 Å². The molecular weight excluding hydrogens is 727 g/mol. The molecule has 2 amide bonds. The molecule has 4 aliphatic carbocycles. The summed E-state index contributed by atoms with van der Waals surface area (Å²) in [6.45, 7) is 12.9. The number of ketones is 1. The van der Waals surface area contributed by atoms with Crippen molar-refractivity contribution in [2.45, 2.75) is 122 Å². The average molecular weight is 793 g/mol. The van der Waals surface area contributed by atoms with Gasteiger partial charge in [0.1, 0.15) is 40.2 Å². The first kappa shape index (κ1) is 40.8. The van der Waals surface area contributed by atoms with E-state index < -0.39 is 21.3 Å². The third-order valence-electron chi connectivity index (χ3n) is 16.6. The van der Waals surface area contributed by atoms with Gasteiger partial charge < -0.3 is 18.8 Å². The van der Waals surface area contributed by atoms with Gasteiger partial charge in [-0.1, -0.05) is 88.4 Å². The van der Waals surface area contributed by atoms with E-state index in [0.717, 1.165) is 41.1 Å². The number of hydrogen-bond donors (Lipinski definition) is 0.